The number of halogens is 4. The van der Waals surface area contributed by atoms with Crippen LogP contribution in [0, 0.1) is 0 Å². The van der Waals surface area contributed by atoms with E-state index in [1.807, 2.05) is 0 Å². The first-order chi connectivity index (χ1) is 10.8. The summed E-state index contributed by atoms with van der Waals surface area (Å²) in [6.45, 7) is 1.89. The molecule has 0 bridgehead atoms. The van der Waals surface area contributed by atoms with E-state index in [4.69, 9.17) is 16.3 Å². The molecule has 23 heavy (non-hydrogen) atoms. The van der Waals surface area contributed by atoms with E-state index in [1.165, 1.54) is 12.3 Å². The van der Waals surface area contributed by atoms with E-state index in [-0.39, 0.29) is 17.3 Å². The fourth-order valence-corrected chi connectivity index (χ4v) is 3.37. The van der Waals surface area contributed by atoms with Gasteiger partial charge in [0, 0.05) is 6.20 Å². The molecule has 2 heterocycles. The summed E-state index contributed by atoms with van der Waals surface area (Å²) in [7, 11) is 0. The summed E-state index contributed by atoms with van der Waals surface area (Å²) in [5, 5.41) is -0.159. The smallest absolute Gasteiger partial charge is 0.461 e. The largest absolute Gasteiger partial charge is 0.573 e. The number of aromatic nitrogens is 2. The van der Waals surface area contributed by atoms with Gasteiger partial charge in [-0.2, -0.15) is 0 Å². The van der Waals surface area contributed by atoms with Crippen LogP contribution in [0.25, 0.3) is 15.2 Å². The third kappa shape index (κ3) is 2.93. The summed E-state index contributed by atoms with van der Waals surface area (Å²) < 4.78 is 47.7. The van der Waals surface area contributed by atoms with Gasteiger partial charge < -0.3 is 9.47 Å². The molecule has 0 aliphatic rings. The molecule has 1 aromatic carbocycles. The Kier molecular flexibility index (Phi) is 3.85. The predicted molar refractivity (Wildman–Crippen MR) is 78.2 cm³/mol. The van der Waals surface area contributed by atoms with Gasteiger partial charge in [-0.1, -0.05) is 22.9 Å². The summed E-state index contributed by atoms with van der Waals surface area (Å²) in [6.07, 6.45) is -3.38. The molecular formula is C13H8ClF3N2O3S. The number of carbonyl (C=O) groups is 1. The van der Waals surface area contributed by atoms with Crippen LogP contribution in [0.3, 0.4) is 0 Å². The number of hydrogen-bond acceptors (Lipinski definition) is 5. The van der Waals surface area contributed by atoms with E-state index in [0.29, 0.717) is 15.2 Å². The summed E-state index contributed by atoms with van der Waals surface area (Å²) in [4.78, 5) is 16.2. The Balaban J connectivity index is 2.09. The lowest BCUT2D eigenvalue weighted by Crippen LogP contribution is -2.17. The van der Waals surface area contributed by atoms with Crippen molar-refractivity contribution in [3.63, 3.8) is 0 Å². The first-order valence-corrected chi connectivity index (χ1v) is 7.52. The van der Waals surface area contributed by atoms with Gasteiger partial charge in [0.25, 0.3) is 0 Å². The van der Waals surface area contributed by atoms with Crippen LogP contribution in [0.4, 0.5) is 13.2 Å². The van der Waals surface area contributed by atoms with Gasteiger partial charge in [-0.05, 0) is 19.1 Å². The van der Waals surface area contributed by atoms with Crippen molar-refractivity contribution in [2.75, 3.05) is 6.61 Å². The van der Waals surface area contributed by atoms with Crippen LogP contribution in [-0.2, 0) is 4.74 Å². The van der Waals surface area contributed by atoms with E-state index < -0.39 is 18.1 Å². The zero-order valence-corrected chi connectivity index (χ0v) is 13.1. The lowest BCUT2D eigenvalue weighted by atomic mass is 10.3. The van der Waals surface area contributed by atoms with Crippen LogP contribution in [0.5, 0.6) is 5.75 Å². The van der Waals surface area contributed by atoms with Crippen LogP contribution < -0.4 is 4.74 Å². The van der Waals surface area contributed by atoms with E-state index >= 15 is 0 Å². The van der Waals surface area contributed by atoms with Crippen molar-refractivity contribution in [2.24, 2.45) is 0 Å². The van der Waals surface area contributed by atoms with Gasteiger partial charge in [0.15, 0.2) is 10.7 Å². The molecule has 0 saturated carbocycles. The van der Waals surface area contributed by atoms with E-state index in [0.717, 1.165) is 17.4 Å². The maximum absolute atomic E-state index is 12.3. The zero-order valence-electron chi connectivity index (χ0n) is 11.5. The highest BCUT2D eigenvalue weighted by Crippen LogP contribution is 2.40. The van der Waals surface area contributed by atoms with Gasteiger partial charge >= 0.3 is 12.3 Å². The number of esters is 1. The lowest BCUT2D eigenvalue weighted by molar-refractivity contribution is -0.274. The van der Waals surface area contributed by atoms with Crippen LogP contribution >= 0.6 is 22.9 Å². The lowest BCUT2D eigenvalue weighted by Gasteiger charge is -2.10. The minimum atomic E-state index is -4.83. The summed E-state index contributed by atoms with van der Waals surface area (Å²) >= 11 is 7.03. The number of thiazole rings is 1. The molecule has 0 aliphatic carbocycles. The van der Waals surface area contributed by atoms with Gasteiger partial charge in [-0.25, -0.2) is 9.78 Å². The highest BCUT2D eigenvalue weighted by atomic mass is 35.5. The molecule has 0 atom stereocenters. The maximum atomic E-state index is 12.3. The fraction of sp³-hybridized carbons (Fsp3) is 0.231. The van der Waals surface area contributed by atoms with Gasteiger partial charge in [0.05, 0.1) is 16.8 Å². The second-order valence-electron chi connectivity index (χ2n) is 4.37. The number of fused-ring (bicyclic) bond motifs is 3. The molecule has 3 rings (SSSR count). The number of nitrogens with zero attached hydrogens (tertiary/aromatic N) is 2. The van der Waals surface area contributed by atoms with Gasteiger partial charge in [-0.15, -0.1) is 13.2 Å². The van der Waals surface area contributed by atoms with Crippen molar-refractivity contribution in [1.82, 2.24) is 9.38 Å². The molecule has 0 fully saturated rings. The van der Waals surface area contributed by atoms with Crippen molar-refractivity contribution >= 4 is 44.1 Å². The Morgan fingerprint density at radius 2 is 2.17 bits per heavy atom. The van der Waals surface area contributed by atoms with E-state index in [2.05, 4.69) is 9.72 Å². The average molecular weight is 365 g/mol. The van der Waals surface area contributed by atoms with Crippen molar-refractivity contribution < 1.29 is 27.4 Å². The minimum absolute atomic E-state index is 0.117. The number of benzene rings is 1. The van der Waals surface area contributed by atoms with Gasteiger partial charge in [-0.3, -0.25) is 4.40 Å². The van der Waals surface area contributed by atoms with Crippen molar-refractivity contribution in [2.45, 2.75) is 13.3 Å². The molecular weight excluding hydrogens is 357 g/mol. The summed E-state index contributed by atoms with van der Waals surface area (Å²) in [5.74, 6) is -1.05. The highest BCUT2D eigenvalue weighted by molar-refractivity contribution is 7.24. The molecule has 0 aliphatic heterocycles. The SMILES string of the molecule is CCOC(=O)c1cn2c(n1)sc1c(Cl)c(OC(F)(F)F)ccc12. The fourth-order valence-electron chi connectivity index (χ4n) is 2.02. The number of ether oxygens (including phenoxy) is 2. The quantitative estimate of drug-likeness (QED) is 0.651. The molecule has 0 radical (unpaired) electrons. The number of rotatable bonds is 3. The van der Waals surface area contributed by atoms with E-state index in [1.54, 1.807) is 11.3 Å². The van der Waals surface area contributed by atoms with Crippen LogP contribution in [-0.4, -0.2) is 28.3 Å². The maximum Gasteiger partial charge on any atom is 0.573 e. The molecule has 0 N–H and O–H groups in total. The molecule has 10 heteroatoms. The predicted octanol–water partition coefficient (Wildman–Crippen LogP) is 4.28. The number of imidazole rings is 1. The van der Waals surface area contributed by atoms with Gasteiger partial charge in [0.1, 0.15) is 10.8 Å². The second-order valence-corrected chi connectivity index (χ2v) is 5.73. The monoisotopic (exact) mass is 364 g/mol. The van der Waals surface area contributed by atoms with Crippen molar-refractivity contribution in [1.29, 1.82) is 0 Å². The van der Waals surface area contributed by atoms with Crippen LogP contribution in [0.15, 0.2) is 18.3 Å². The third-order valence-electron chi connectivity index (χ3n) is 2.88. The Labute approximate surface area is 136 Å². The van der Waals surface area contributed by atoms with Crippen molar-refractivity contribution in [3.8, 4) is 5.75 Å². The molecule has 0 saturated heterocycles. The molecule has 2 aromatic heterocycles. The van der Waals surface area contributed by atoms with Crippen LogP contribution in [0.1, 0.15) is 17.4 Å². The first-order valence-electron chi connectivity index (χ1n) is 6.33. The summed E-state index contributed by atoms with van der Waals surface area (Å²) in [5.41, 5.74) is 0.638. The minimum Gasteiger partial charge on any atom is -0.461 e. The number of carbonyl (C=O) groups excluding carboxylic acids is 1. The molecule has 0 amide bonds. The number of hydrogen-bond donors (Lipinski definition) is 0. The Bertz CT molecular complexity index is 903. The zero-order chi connectivity index (χ0) is 16.8. The number of alkyl halides is 3. The molecule has 122 valence electrons. The molecule has 0 spiro atoms. The Morgan fingerprint density at radius 1 is 1.43 bits per heavy atom. The molecule has 0 unspecified atom stereocenters. The molecule has 5 nitrogen and oxygen atoms in total. The third-order valence-corrected chi connectivity index (χ3v) is 4.45. The summed E-state index contributed by atoms with van der Waals surface area (Å²) in [6, 6.07) is 2.54. The second kappa shape index (κ2) is 5.57. The van der Waals surface area contributed by atoms with Gasteiger partial charge in [0.2, 0.25) is 0 Å². The Hall–Kier alpha value is -2.00. The topological polar surface area (TPSA) is 52.8 Å². The van der Waals surface area contributed by atoms with Crippen molar-refractivity contribution in [3.05, 3.63) is 29.0 Å². The standard InChI is InChI=1S/C13H8ClF3N2O3S/c1-2-21-11(20)6-5-19-7-3-4-8(22-13(15,16)17)9(14)10(7)23-12(19)18-6/h3-5H,2H2,1H3. The average Bonchev–Trinajstić information content (AvgIpc) is 2.99. The normalized spacial score (nSPS) is 12.0. The Morgan fingerprint density at radius 3 is 2.83 bits per heavy atom. The highest BCUT2D eigenvalue weighted by Gasteiger charge is 2.32. The van der Waals surface area contributed by atoms with Crippen LogP contribution in [0.2, 0.25) is 5.02 Å². The van der Waals surface area contributed by atoms with E-state index in [9.17, 15) is 18.0 Å². The first kappa shape index (κ1) is 15.9. The molecule has 3 aromatic rings.